The van der Waals surface area contributed by atoms with E-state index in [4.69, 9.17) is 11.6 Å². The molecule has 0 heterocycles. The third-order valence-corrected chi connectivity index (χ3v) is 4.58. The molecule has 2 aromatic carbocycles. The van der Waals surface area contributed by atoms with Crippen molar-refractivity contribution in [3.63, 3.8) is 0 Å². The summed E-state index contributed by atoms with van der Waals surface area (Å²) in [5.74, 6) is 0. The maximum Gasteiger partial charge on any atom is 0.0406 e. The van der Waals surface area contributed by atoms with Crippen LogP contribution in [0.25, 0.3) is 5.57 Å². The van der Waals surface area contributed by atoms with E-state index in [-0.39, 0.29) is 0 Å². The van der Waals surface area contributed by atoms with E-state index in [1.807, 2.05) is 12.1 Å². The molecule has 0 fully saturated rings. The molecule has 0 amide bonds. The lowest BCUT2D eigenvalue weighted by Crippen LogP contribution is -2.24. The number of allylic oxidation sites excluding steroid dienone is 1. The minimum Gasteiger partial charge on any atom is -0.300 e. The average Bonchev–Trinajstić information content (AvgIpc) is 2.63. The molecule has 0 aliphatic heterocycles. The first-order chi connectivity index (χ1) is 11.7. The van der Waals surface area contributed by atoms with Crippen LogP contribution in [0.2, 0.25) is 5.02 Å². The Hall–Kier alpha value is -1.57. The Morgan fingerprint density at radius 3 is 2.33 bits per heavy atom. The highest BCUT2D eigenvalue weighted by atomic mass is 35.5. The second-order valence-electron chi connectivity index (χ2n) is 6.15. The van der Waals surface area contributed by atoms with Crippen LogP contribution < -0.4 is 0 Å². The molecule has 2 rings (SSSR count). The van der Waals surface area contributed by atoms with E-state index < -0.39 is 0 Å². The Kier molecular flexibility index (Phi) is 8.07. The first-order valence-electron chi connectivity index (χ1n) is 8.94. The van der Waals surface area contributed by atoms with Gasteiger partial charge < -0.3 is 0 Å². The number of rotatable bonds is 9. The smallest absolute Gasteiger partial charge is 0.0406 e. The summed E-state index contributed by atoms with van der Waals surface area (Å²) in [6, 6.07) is 18.9. The fourth-order valence-electron chi connectivity index (χ4n) is 2.77. The third kappa shape index (κ3) is 6.14. The van der Waals surface area contributed by atoms with Crippen molar-refractivity contribution in [2.75, 3.05) is 19.6 Å². The van der Waals surface area contributed by atoms with E-state index in [0.717, 1.165) is 24.5 Å². The van der Waals surface area contributed by atoms with Crippen LogP contribution in [0.15, 0.2) is 60.7 Å². The molecule has 0 aliphatic rings. The molecule has 0 aliphatic carbocycles. The lowest BCUT2D eigenvalue weighted by atomic mass is 9.97. The molecule has 0 radical (unpaired) electrons. The quantitative estimate of drug-likeness (QED) is 0.533. The zero-order valence-electron chi connectivity index (χ0n) is 14.8. The molecule has 2 aromatic rings. The lowest BCUT2D eigenvalue weighted by molar-refractivity contribution is 0.313. The normalized spacial score (nSPS) is 11.9. The predicted molar refractivity (Wildman–Crippen MR) is 107 cm³/mol. The van der Waals surface area contributed by atoms with Crippen molar-refractivity contribution in [2.45, 2.75) is 33.1 Å². The fraction of sp³-hybridized carbons (Fsp3) is 0.364. The van der Waals surface area contributed by atoms with Crippen LogP contribution in [0.5, 0.6) is 0 Å². The Labute approximate surface area is 152 Å². The number of benzene rings is 2. The van der Waals surface area contributed by atoms with Gasteiger partial charge in [-0.25, -0.2) is 0 Å². The Morgan fingerprint density at radius 2 is 1.71 bits per heavy atom. The number of halogens is 1. The van der Waals surface area contributed by atoms with Crippen molar-refractivity contribution in [1.29, 1.82) is 0 Å². The summed E-state index contributed by atoms with van der Waals surface area (Å²) >= 11 is 6.01. The summed E-state index contributed by atoms with van der Waals surface area (Å²) in [6.07, 6.45) is 5.84. The van der Waals surface area contributed by atoms with Gasteiger partial charge in [-0.1, -0.05) is 80.4 Å². The van der Waals surface area contributed by atoms with Crippen molar-refractivity contribution in [3.8, 4) is 0 Å². The van der Waals surface area contributed by atoms with Gasteiger partial charge in [0, 0.05) is 11.6 Å². The molecule has 0 bridgehead atoms. The Bertz CT molecular complexity index is 616. The molecule has 0 saturated carbocycles. The van der Waals surface area contributed by atoms with E-state index in [0.29, 0.717) is 0 Å². The first-order valence-corrected chi connectivity index (χ1v) is 9.32. The summed E-state index contributed by atoms with van der Waals surface area (Å²) in [6.45, 7) is 7.77. The van der Waals surface area contributed by atoms with Crippen LogP contribution >= 0.6 is 11.6 Å². The summed E-state index contributed by atoms with van der Waals surface area (Å²) in [7, 11) is 0. The van der Waals surface area contributed by atoms with Gasteiger partial charge in [0.2, 0.25) is 0 Å². The first kappa shape index (κ1) is 18.8. The molecule has 1 nitrogen and oxygen atoms in total. The van der Waals surface area contributed by atoms with Gasteiger partial charge in [0.25, 0.3) is 0 Å². The molecule has 24 heavy (non-hydrogen) atoms. The minimum atomic E-state index is 0.792. The van der Waals surface area contributed by atoms with Gasteiger partial charge >= 0.3 is 0 Å². The van der Waals surface area contributed by atoms with Gasteiger partial charge in [0.15, 0.2) is 0 Å². The van der Waals surface area contributed by atoms with Crippen LogP contribution in [0.4, 0.5) is 0 Å². The molecule has 0 unspecified atom stereocenters. The van der Waals surface area contributed by atoms with Crippen LogP contribution in [0.3, 0.4) is 0 Å². The predicted octanol–water partition coefficient (Wildman–Crippen LogP) is 6.09. The molecule has 0 aromatic heterocycles. The topological polar surface area (TPSA) is 3.24 Å². The number of hydrogen-bond acceptors (Lipinski definition) is 1. The molecule has 0 saturated heterocycles. The van der Waals surface area contributed by atoms with Gasteiger partial charge in [0.05, 0.1) is 0 Å². The molecular weight excluding hydrogens is 314 g/mol. The van der Waals surface area contributed by atoms with E-state index >= 15 is 0 Å². The van der Waals surface area contributed by atoms with Crippen LogP contribution in [-0.4, -0.2) is 24.5 Å². The van der Waals surface area contributed by atoms with E-state index in [9.17, 15) is 0 Å². The monoisotopic (exact) mass is 341 g/mol. The van der Waals surface area contributed by atoms with E-state index in [1.165, 1.54) is 36.1 Å². The zero-order chi connectivity index (χ0) is 17.2. The zero-order valence-corrected chi connectivity index (χ0v) is 15.6. The van der Waals surface area contributed by atoms with Crippen molar-refractivity contribution < 1.29 is 0 Å². The lowest BCUT2D eigenvalue weighted by Gasteiger charge is -2.19. The molecule has 2 heteroatoms. The van der Waals surface area contributed by atoms with Crippen LogP contribution in [0, 0.1) is 0 Å². The second-order valence-corrected chi connectivity index (χ2v) is 6.58. The molecule has 0 spiro atoms. The Morgan fingerprint density at radius 1 is 1.00 bits per heavy atom. The third-order valence-electron chi connectivity index (χ3n) is 4.32. The summed E-state index contributed by atoms with van der Waals surface area (Å²) < 4.78 is 0. The number of hydrogen-bond donors (Lipinski definition) is 0. The summed E-state index contributed by atoms with van der Waals surface area (Å²) in [5.41, 5.74) is 3.98. The summed E-state index contributed by atoms with van der Waals surface area (Å²) in [5, 5.41) is 0.792. The maximum atomic E-state index is 6.01. The Balaban J connectivity index is 2.16. The molecule has 0 atom stereocenters. The number of likely N-dealkylation sites (N-methyl/N-ethyl adjacent to an activating group) is 1. The van der Waals surface area contributed by atoms with Gasteiger partial charge in [-0.15, -0.1) is 0 Å². The van der Waals surface area contributed by atoms with Gasteiger partial charge in [-0.05, 0) is 54.8 Å². The highest BCUT2D eigenvalue weighted by Gasteiger charge is 2.05. The SMILES string of the molecule is CCCCN(CC)C/C=C(\Cc1ccc(Cl)cc1)c1ccccc1. The van der Waals surface area contributed by atoms with E-state index in [1.54, 1.807) is 0 Å². The largest absolute Gasteiger partial charge is 0.300 e. The van der Waals surface area contributed by atoms with Crippen molar-refractivity contribution in [3.05, 3.63) is 76.8 Å². The number of unbranched alkanes of at least 4 members (excludes halogenated alkanes) is 1. The van der Waals surface area contributed by atoms with Gasteiger partial charge in [-0.3, -0.25) is 4.90 Å². The molecular formula is C22H28ClN. The second kappa shape index (κ2) is 10.3. The summed E-state index contributed by atoms with van der Waals surface area (Å²) in [4.78, 5) is 2.51. The van der Waals surface area contributed by atoms with Gasteiger partial charge in [-0.2, -0.15) is 0 Å². The standard InChI is InChI=1S/C22H28ClN/c1-3-5-16-24(4-2)17-15-21(20-9-7-6-8-10-20)18-19-11-13-22(23)14-12-19/h6-15H,3-5,16-18H2,1-2H3/b21-15+. The highest BCUT2D eigenvalue weighted by Crippen LogP contribution is 2.21. The van der Waals surface area contributed by atoms with Crippen molar-refractivity contribution >= 4 is 17.2 Å². The molecule has 0 N–H and O–H groups in total. The fourth-order valence-corrected chi connectivity index (χ4v) is 2.89. The average molecular weight is 342 g/mol. The minimum absolute atomic E-state index is 0.792. The van der Waals surface area contributed by atoms with Crippen molar-refractivity contribution in [2.24, 2.45) is 0 Å². The van der Waals surface area contributed by atoms with E-state index in [2.05, 4.69) is 67.3 Å². The van der Waals surface area contributed by atoms with Gasteiger partial charge in [0.1, 0.15) is 0 Å². The highest BCUT2D eigenvalue weighted by molar-refractivity contribution is 6.30. The number of nitrogens with zero attached hydrogens (tertiary/aromatic N) is 1. The van der Waals surface area contributed by atoms with Crippen molar-refractivity contribution in [1.82, 2.24) is 4.90 Å². The van der Waals surface area contributed by atoms with Crippen LogP contribution in [-0.2, 0) is 6.42 Å². The molecule has 128 valence electrons. The van der Waals surface area contributed by atoms with Crippen LogP contribution in [0.1, 0.15) is 37.8 Å². The maximum absolute atomic E-state index is 6.01.